The van der Waals surface area contributed by atoms with Gasteiger partial charge >= 0.3 is 0 Å². The van der Waals surface area contributed by atoms with Crippen LogP contribution in [0.1, 0.15) is 0 Å². The van der Waals surface area contributed by atoms with Gasteiger partial charge in [-0.2, -0.15) is 5.10 Å². The number of carbonyl (C=O) groups excluding carboxylic acids is 1. The molecule has 2 rings (SSSR count). The van der Waals surface area contributed by atoms with Crippen LogP contribution in [-0.2, 0) is 4.79 Å². The number of isocyanates is 1. The van der Waals surface area contributed by atoms with Crippen molar-refractivity contribution < 1.29 is 4.79 Å². The Hall–Kier alpha value is -1.52. The van der Waals surface area contributed by atoms with E-state index in [4.69, 9.17) is 0 Å². The molecule has 64 valence electrons. The number of fused-ring (bicyclic) bond motifs is 1. The van der Waals surface area contributed by atoms with Gasteiger partial charge in [-0.15, -0.1) is 4.99 Å². The van der Waals surface area contributed by atoms with E-state index in [1.54, 1.807) is 12.1 Å². The molecule has 0 bridgehead atoms. The van der Waals surface area contributed by atoms with Crippen molar-refractivity contribution in [3.63, 3.8) is 0 Å². The number of nitrogens with one attached hydrogen (secondary N) is 1. The molecule has 0 amide bonds. The van der Waals surface area contributed by atoms with Crippen LogP contribution in [0.25, 0.3) is 11.0 Å². The topological polar surface area (TPSA) is 71.0 Å². The third-order valence-electron chi connectivity index (χ3n) is 1.50. The summed E-state index contributed by atoms with van der Waals surface area (Å²) in [4.78, 5) is 17.4. The Morgan fingerprint density at radius 1 is 1.54 bits per heavy atom. The van der Waals surface area contributed by atoms with E-state index in [-0.39, 0.29) is 0 Å². The van der Waals surface area contributed by atoms with Gasteiger partial charge in [-0.1, -0.05) is 0 Å². The minimum Gasteiger partial charge on any atom is -0.269 e. The molecule has 5 nitrogen and oxygen atoms in total. The molecule has 0 aliphatic heterocycles. The first-order valence-electron chi connectivity index (χ1n) is 3.40. The van der Waals surface area contributed by atoms with Gasteiger partial charge < -0.3 is 0 Å². The normalized spacial score (nSPS) is 9.92. The molecule has 0 spiro atoms. The molecule has 2 aromatic heterocycles. The maximum absolute atomic E-state index is 9.97. The summed E-state index contributed by atoms with van der Waals surface area (Å²) in [5.74, 6) is 0.324. The number of halogens is 1. The number of aromatic amines is 1. The third kappa shape index (κ3) is 1.37. The fourth-order valence-corrected chi connectivity index (χ4v) is 1.34. The second-order valence-electron chi connectivity index (χ2n) is 2.28. The van der Waals surface area contributed by atoms with Crippen molar-refractivity contribution in [3.8, 4) is 0 Å². The van der Waals surface area contributed by atoms with Crippen molar-refractivity contribution in [1.82, 2.24) is 15.2 Å². The van der Waals surface area contributed by atoms with Gasteiger partial charge in [0.05, 0.1) is 0 Å². The lowest BCUT2D eigenvalue weighted by Gasteiger charge is -1.89. The van der Waals surface area contributed by atoms with E-state index >= 15 is 0 Å². The molecular formula is C7H3BrN4O. The number of pyridine rings is 1. The molecule has 0 saturated heterocycles. The molecule has 0 saturated carbocycles. The largest absolute Gasteiger partial charge is 0.269 e. The molecule has 0 radical (unpaired) electrons. The first kappa shape index (κ1) is 8.10. The Labute approximate surface area is 81.0 Å². The zero-order valence-electron chi connectivity index (χ0n) is 6.28. The maximum atomic E-state index is 9.97. The lowest BCUT2D eigenvalue weighted by Crippen LogP contribution is -1.75. The highest BCUT2D eigenvalue weighted by atomic mass is 79.9. The lowest BCUT2D eigenvalue weighted by atomic mass is 10.4. The molecule has 13 heavy (non-hydrogen) atoms. The zero-order valence-corrected chi connectivity index (χ0v) is 7.87. The smallest absolute Gasteiger partial charge is 0.242 e. The predicted octanol–water partition coefficient (Wildman–Crippen LogP) is 1.69. The van der Waals surface area contributed by atoms with Crippen LogP contribution in [0.4, 0.5) is 5.82 Å². The maximum Gasteiger partial charge on any atom is 0.242 e. The predicted molar refractivity (Wildman–Crippen MR) is 49.4 cm³/mol. The Bertz CT molecular complexity index is 500. The van der Waals surface area contributed by atoms with Crippen LogP contribution >= 0.6 is 15.9 Å². The Morgan fingerprint density at radius 3 is 3.15 bits per heavy atom. The van der Waals surface area contributed by atoms with Gasteiger partial charge in [0.2, 0.25) is 6.08 Å². The molecule has 0 aliphatic rings. The summed E-state index contributed by atoms with van der Waals surface area (Å²) in [6, 6.07) is 3.32. The molecule has 0 atom stereocenters. The summed E-state index contributed by atoms with van der Waals surface area (Å²) < 4.78 is 0.672. The summed E-state index contributed by atoms with van der Waals surface area (Å²) in [7, 11) is 0. The fourth-order valence-electron chi connectivity index (χ4n) is 0.965. The van der Waals surface area contributed by atoms with Gasteiger partial charge in [0, 0.05) is 0 Å². The number of aliphatic imine (C=N–C) groups is 1. The van der Waals surface area contributed by atoms with E-state index in [0.717, 1.165) is 5.52 Å². The van der Waals surface area contributed by atoms with Crippen molar-refractivity contribution >= 4 is 38.9 Å². The van der Waals surface area contributed by atoms with E-state index < -0.39 is 0 Å². The number of H-pyrrole nitrogens is 1. The second-order valence-corrected chi connectivity index (χ2v) is 3.07. The molecule has 0 unspecified atom stereocenters. The molecule has 0 aliphatic carbocycles. The van der Waals surface area contributed by atoms with Crippen molar-refractivity contribution in [2.45, 2.75) is 0 Å². The lowest BCUT2D eigenvalue weighted by molar-refractivity contribution is 0.565. The highest BCUT2D eigenvalue weighted by Gasteiger charge is 2.04. The van der Waals surface area contributed by atoms with E-state index in [1.165, 1.54) is 6.08 Å². The Morgan fingerprint density at radius 2 is 2.38 bits per heavy atom. The van der Waals surface area contributed by atoms with E-state index in [9.17, 15) is 4.79 Å². The highest BCUT2D eigenvalue weighted by Crippen LogP contribution is 2.21. The first-order valence-corrected chi connectivity index (χ1v) is 4.19. The summed E-state index contributed by atoms with van der Waals surface area (Å²) in [6.07, 6.45) is 1.43. The highest BCUT2D eigenvalue weighted by molar-refractivity contribution is 9.10. The van der Waals surface area contributed by atoms with Gasteiger partial charge in [-0.25, -0.2) is 9.78 Å². The second kappa shape index (κ2) is 3.08. The van der Waals surface area contributed by atoms with Crippen LogP contribution in [0.5, 0.6) is 0 Å². The van der Waals surface area contributed by atoms with Crippen LogP contribution in [0.2, 0.25) is 0 Å². The van der Waals surface area contributed by atoms with E-state index in [1.807, 2.05) is 0 Å². The molecule has 2 heterocycles. The fraction of sp³-hybridized carbons (Fsp3) is 0. The average Bonchev–Trinajstić information content (AvgIpc) is 2.49. The van der Waals surface area contributed by atoms with Crippen molar-refractivity contribution in [3.05, 3.63) is 16.7 Å². The van der Waals surface area contributed by atoms with Crippen LogP contribution in [0.3, 0.4) is 0 Å². The quantitative estimate of drug-likeness (QED) is 0.607. The minimum absolute atomic E-state index is 0.324. The molecule has 1 N–H and O–H groups in total. The monoisotopic (exact) mass is 238 g/mol. The van der Waals surface area contributed by atoms with Crippen molar-refractivity contribution in [1.29, 1.82) is 0 Å². The molecule has 2 aromatic rings. The third-order valence-corrected chi connectivity index (χ3v) is 2.05. The summed E-state index contributed by atoms with van der Waals surface area (Å²) in [6.45, 7) is 0. The summed E-state index contributed by atoms with van der Waals surface area (Å²) in [5, 5.41) is 6.65. The Balaban J connectivity index is 2.72. The van der Waals surface area contributed by atoms with Gasteiger partial charge in [0.15, 0.2) is 5.82 Å². The van der Waals surface area contributed by atoms with E-state index in [0.29, 0.717) is 15.9 Å². The van der Waals surface area contributed by atoms with Crippen LogP contribution < -0.4 is 0 Å². The number of aromatic nitrogens is 3. The minimum atomic E-state index is 0.324. The standard InChI is InChI=1S/C7H3BrN4O/c8-7-6-4(11-12-7)1-2-5(10-6)9-3-13/h1-2H,(H,11,12). The van der Waals surface area contributed by atoms with Gasteiger partial charge in [-0.05, 0) is 28.1 Å². The Kier molecular flexibility index (Phi) is 1.92. The van der Waals surface area contributed by atoms with Gasteiger partial charge in [0.1, 0.15) is 15.6 Å². The number of hydrogen-bond donors (Lipinski definition) is 1. The molecule has 6 heteroatoms. The van der Waals surface area contributed by atoms with Gasteiger partial charge in [0.25, 0.3) is 0 Å². The molecule has 0 fully saturated rings. The van der Waals surface area contributed by atoms with Crippen LogP contribution in [0.15, 0.2) is 21.7 Å². The summed E-state index contributed by atoms with van der Waals surface area (Å²) in [5.41, 5.74) is 1.37. The average molecular weight is 239 g/mol. The van der Waals surface area contributed by atoms with Crippen molar-refractivity contribution in [2.24, 2.45) is 4.99 Å². The first-order chi connectivity index (χ1) is 6.31. The van der Waals surface area contributed by atoms with Crippen molar-refractivity contribution in [2.75, 3.05) is 0 Å². The van der Waals surface area contributed by atoms with E-state index in [2.05, 4.69) is 36.1 Å². The number of nitrogens with zero attached hydrogens (tertiary/aromatic N) is 3. The summed E-state index contributed by atoms with van der Waals surface area (Å²) >= 11 is 3.23. The number of hydrogen-bond acceptors (Lipinski definition) is 4. The van der Waals surface area contributed by atoms with Crippen LogP contribution in [0, 0.1) is 0 Å². The zero-order chi connectivity index (χ0) is 9.26. The number of rotatable bonds is 1. The van der Waals surface area contributed by atoms with Crippen LogP contribution in [-0.4, -0.2) is 21.3 Å². The molecular weight excluding hydrogens is 236 g/mol. The van der Waals surface area contributed by atoms with Gasteiger partial charge in [-0.3, -0.25) is 5.10 Å². The SMILES string of the molecule is O=C=Nc1ccc2n[nH]c(Br)c2n1. The molecule has 0 aromatic carbocycles.